The van der Waals surface area contributed by atoms with E-state index in [2.05, 4.69) is 47.2 Å². The van der Waals surface area contributed by atoms with Crippen LogP contribution >= 0.6 is 15.9 Å². The molecule has 1 aromatic carbocycles. The molecule has 0 amide bonds. The molecule has 0 radical (unpaired) electrons. The topological polar surface area (TPSA) is 30.5 Å². The molecule has 0 atom stereocenters. The first kappa shape index (κ1) is 15.5. The van der Waals surface area contributed by atoms with Gasteiger partial charge in [0.05, 0.1) is 0 Å². The molecule has 0 saturated carbocycles. The van der Waals surface area contributed by atoms with Crippen LogP contribution in [0.2, 0.25) is 0 Å². The Morgan fingerprint density at radius 1 is 1.28 bits per heavy atom. The Bertz CT molecular complexity index is 369. The third-order valence-corrected chi connectivity index (χ3v) is 3.01. The molecule has 102 valence electrons. The molecule has 0 saturated heterocycles. The zero-order valence-electron chi connectivity index (χ0n) is 11.4. The minimum atomic E-state index is 0.305. The van der Waals surface area contributed by atoms with Crippen molar-refractivity contribution in [3.05, 3.63) is 27.7 Å². The second kappa shape index (κ2) is 8.51. The first-order valence-electron chi connectivity index (χ1n) is 6.39. The monoisotopic (exact) mass is 315 g/mol. The summed E-state index contributed by atoms with van der Waals surface area (Å²) in [7, 11) is 0. The van der Waals surface area contributed by atoms with Crippen LogP contribution in [0.3, 0.4) is 0 Å². The molecule has 4 heteroatoms. The summed E-state index contributed by atoms with van der Waals surface area (Å²) in [5.74, 6) is 0.926. The Kier molecular flexibility index (Phi) is 7.32. The van der Waals surface area contributed by atoms with Gasteiger partial charge in [-0.1, -0.05) is 22.9 Å². The smallest absolute Gasteiger partial charge is 0.189 e. The number of rotatable bonds is 8. The fraction of sp³-hybridized carbons (Fsp3) is 0.571. The fourth-order valence-corrected chi connectivity index (χ4v) is 2.34. The predicted molar refractivity (Wildman–Crippen MR) is 78.0 cm³/mol. The largest absolute Gasteiger partial charge is 0.467 e. The summed E-state index contributed by atoms with van der Waals surface area (Å²) in [6.07, 6.45) is 1.13. The van der Waals surface area contributed by atoms with E-state index in [9.17, 15) is 0 Å². The number of benzene rings is 1. The number of aryl methyl sites for hydroxylation is 1. The minimum absolute atomic E-state index is 0.305. The van der Waals surface area contributed by atoms with Crippen LogP contribution in [0, 0.1) is 6.92 Å². The third-order valence-electron chi connectivity index (χ3n) is 2.55. The van der Waals surface area contributed by atoms with Crippen molar-refractivity contribution in [3.8, 4) is 5.75 Å². The second-order valence-corrected chi connectivity index (χ2v) is 5.06. The number of hydrogen-bond acceptors (Lipinski definition) is 3. The summed E-state index contributed by atoms with van der Waals surface area (Å²) in [5, 5.41) is 3.39. The number of nitrogens with one attached hydrogen (secondary N) is 1. The van der Waals surface area contributed by atoms with Gasteiger partial charge < -0.3 is 14.8 Å². The van der Waals surface area contributed by atoms with Crippen molar-refractivity contribution in [1.29, 1.82) is 0 Å². The van der Waals surface area contributed by atoms with Crippen LogP contribution in [0.25, 0.3) is 0 Å². The lowest BCUT2D eigenvalue weighted by Gasteiger charge is -2.15. The summed E-state index contributed by atoms with van der Waals surface area (Å²) in [6, 6.07) is 4.15. The van der Waals surface area contributed by atoms with Crippen LogP contribution in [0.5, 0.6) is 5.75 Å². The molecule has 0 heterocycles. The molecule has 0 aromatic heterocycles. The van der Waals surface area contributed by atoms with E-state index in [1.165, 1.54) is 0 Å². The van der Waals surface area contributed by atoms with Gasteiger partial charge >= 0.3 is 0 Å². The van der Waals surface area contributed by atoms with Gasteiger partial charge in [-0.15, -0.1) is 0 Å². The molecule has 18 heavy (non-hydrogen) atoms. The molecule has 0 aliphatic heterocycles. The number of halogens is 1. The van der Waals surface area contributed by atoms with E-state index >= 15 is 0 Å². The molecule has 0 unspecified atom stereocenters. The molecular weight excluding hydrogens is 294 g/mol. The van der Waals surface area contributed by atoms with Crippen molar-refractivity contribution in [2.24, 2.45) is 0 Å². The van der Waals surface area contributed by atoms with Gasteiger partial charge in [-0.2, -0.15) is 0 Å². The maximum Gasteiger partial charge on any atom is 0.189 e. The van der Waals surface area contributed by atoms with Crippen LogP contribution in [-0.2, 0) is 11.3 Å². The van der Waals surface area contributed by atoms with Crippen molar-refractivity contribution < 1.29 is 9.47 Å². The SMILES string of the molecule is CCCNCc1cc(Br)cc(C)c1OCOCC. The highest BCUT2D eigenvalue weighted by atomic mass is 79.9. The van der Waals surface area contributed by atoms with Crippen molar-refractivity contribution in [1.82, 2.24) is 5.32 Å². The maximum absolute atomic E-state index is 5.71. The summed E-state index contributed by atoms with van der Waals surface area (Å²) < 4.78 is 12.0. The van der Waals surface area contributed by atoms with E-state index in [1.807, 2.05) is 6.92 Å². The van der Waals surface area contributed by atoms with Crippen LogP contribution < -0.4 is 10.1 Å². The van der Waals surface area contributed by atoms with Gasteiger partial charge in [-0.3, -0.25) is 0 Å². The lowest BCUT2D eigenvalue weighted by atomic mass is 10.1. The Morgan fingerprint density at radius 3 is 2.72 bits per heavy atom. The Balaban J connectivity index is 2.76. The minimum Gasteiger partial charge on any atom is -0.467 e. The standard InChI is InChI=1S/C14H22BrNO2/c1-4-6-16-9-12-8-13(15)7-11(3)14(12)18-10-17-5-2/h7-8,16H,4-6,9-10H2,1-3H3. The van der Waals surface area contributed by atoms with Gasteiger partial charge in [-0.05, 0) is 44.5 Å². The van der Waals surface area contributed by atoms with Crippen LogP contribution in [0.15, 0.2) is 16.6 Å². The summed E-state index contributed by atoms with van der Waals surface area (Å²) in [5.41, 5.74) is 2.28. The Morgan fingerprint density at radius 2 is 2.06 bits per heavy atom. The van der Waals surface area contributed by atoms with E-state index in [0.717, 1.165) is 40.9 Å². The molecular formula is C14H22BrNO2. The van der Waals surface area contributed by atoms with E-state index in [4.69, 9.17) is 9.47 Å². The van der Waals surface area contributed by atoms with Gasteiger partial charge in [0.15, 0.2) is 6.79 Å². The maximum atomic E-state index is 5.71. The molecule has 1 N–H and O–H groups in total. The van der Waals surface area contributed by atoms with Gasteiger partial charge in [0.2, 0.25) is 0 Å². The first-order chi connectivity index (χ1) is 8.69. The van der Waals surface area contributed by atoms with E-state index in [-0.39, 0.29) is 0 Å². The summed E-state index contributed by atoms with van der Waals surface area (Å²) in [4.78, 5) is 0. The van der Waals surface area contributed by atoms with Crippen LogP contribution in [0.1, 0.15) is 31.4 Å². The number of hydrogen-bond donors (Lipinski definition) is 1. The lowest BCUT2D eigenvalue weighted by molar-refractivity contribution is 0.0213. The highest BCUT2D eigenvalue weighted by Gasteiger charge is 2.08. The van der Waals surface area contributed by atoms with Gasteiger partial charge in [0, 0.05) is 23.2 Å². The first-order valence-corrected chi connectivity index (χ1v) is 7.18. The highest BCUT2D eigenvalue weighted by molar-refractivity contribution is 9.10. The molecule has 0 fully saturated rings. The van der Waals surface area contributed by atoms with E-state index < -0.39 is 0 Å². The summed E-state index contributed by atoms with van der Waals surface area (Å²) >= 11 is 3.52. The Labute approximate surface area is 118 Å². The lowest BCUT2D eigenvalue weighted by Crippen LogP contribution is -2.15. The molecule has 1 rings (SSSR count). The zero-order valence-corrected chi connectivity index (χ0v) is 13.0. The van der Waals surface area contributed by atoms with Crippen LogP contribution in [0.4, 0.5) is 0 Å². The van der Waals surface area contributed by atoms with Crippen molar-refractivity contribution in [3.63, 3.8) is 0 Å². The average Bonchev–Trinajstić information content (AvgIpc) is 2.32. The van der Waals surface area contributed by atoms with Gasteiger partial charge in [-0.25, -0.2) is 0 Å². The molecule has 0 aliphatic carbocycles. The van der Waals surface area contributed by atoms with E-state index in [1.54, 1.807) is 0 Å². The quantitative estimate of drug-likeness (QED) is 0.587. The van der Waals surface area contributed by atoms with Gasteiger partial charge in [0.25, 0.3) is 0 Å². The highest BCUT2D eigenvalue weighted by Crippen LogP contribution is 2.28. The van der Waals surface area contributed by atoms with Crippen molar-refractivity contribution >= 4 is 15.9 Å². The number of ether oxygens (including phenoxy) is 2. The van der Waals surface area contributed by atoms with Crippen molar-refractivity contribution in [2.75, 3.05) is 19.9 Å². The Hall–Kier alpha value is -0.580. The molecule has 3 nitrogen and oxygen atoms in total. The molecule has 0 spiro atoms. The van der Waals surface area contributed by atoms with Crippen molar-refractivity contribution in [2.45, 2.75) is 33.7 Å². The third kappa shape index (κ3) is 4.96. The van der Waals surface area contributed by atoms with Crippen LogP contribution in [-0.4, -0.2) is 19.9 Å². The second-order valence-electron chi connectivity index (χ2n) is 4.14. The fourth-order valence-electron chi connectivity index (χ4n) is 1.72. The molecule has 0 bridgehead atoms. The molecule has 1 aromatic rings. The predicted octanol–water partition coefficient (Wildman–Crippen LogP) is 3.63. The normalized spacial score (nSPS) is 10.7. The average molecular weight is 316 g/mol. The zero-order chi connectivity index (χ0) is 13.4. The molecule has 0 aliphatic rings. The summed E-state index contributed by atoms with van der Waals surface area (Å²) in [6.45, 7) is 8.97. The van der Waals surface area contributed by atoms with Gasteiger partial charge in [0.1, 0.15) is 5.75 Å². The van der Waals surface area contributed by atoms with E-state index in [0.29, 0.717) is 13.4 Å².